The van der Waals surface area contributed by atoms with E-state index >= 15 is 0 Å². The van der Waals surface area contributed by atoms with Crippen molar-refractivity contribution in [2.24, 2.45) is 5.92 Å². The van der Waals surface area contributed by atoms with E-state index in [2.05, 4.69) is 32.5 Å². The van der Waals surface area contributed by atoms with Crippen molar-refractivity contribution in [3.05, 3.63) is 35.9 Å². The zero-order valence-corrected chi connectivity index (χ0v) is 16.3. The van der Waals surface area contributed by atoms with Gasteiger partial charge in [0.25, 0.3) is 0 Å². The van der Waals surface area contributed by atoms with Crippen LogP contribution in [0.2, 0.25) is 0 Å². The van der Waals surface area contributed by atoms with Gasteiger partial charge in [-0.3, -0.25) is 0 Å². The molecule has 3 aromatic rings. The van der Waals surface area contributed by atoms with Crippen molar-refractivity contribution in [3.8, 4) is 0 Å². The number of anilines is 2. The molecule has 3 rings (SSSR count). The molecule has 0 saturated heterocycles. The molecule has 27 heavy (non-hydrogen) atoms. The third kappa shape index (κ3) is 4.83. The maximum Gasteiger partial charge on any atom is 0.338 e. The first-order chi connectivity index (χ1) is 13.0. The van der Waals surface area contributed by atoms with Crippen molar-refractivity contribution in [1.82, 2.24) is 15.0 Å². The molecule has 3 N–H and O–H groups in total. The van der Waals surface area contributed by atoms with Crippen molar-refractivity contribution in [1.29, 1.82) is 0 Å². The maximum atomic E-state index is 13.7. The number of carboxylic acids is 1. The number of nitrogens with one attached hydrogen (secondary N) is 2. The fourth-order valence-corrected chi connectivity index (χ4v) is 3.51. The molecule has 1 atom stereocenters. The second-order valence-electron chi connectivity index (χ2n) is 5.94. The van der Waals surface area contributed by atoms with Crippen molar-refractivity contribution in [3.63, 3.8) is 0 Å². The first-order valence-electron chi connectivity index (χ1n) is 8.13. The van der Waals surface area contributed by atoms with Crippen LogP contribution in [0.4, 0.5) is 15.5 Å². The molecule has 0 fully saturated rings. The van der Waals surface area contributed by atoms with Gasteiger partial charge >= 0.3 is 5.97 Å². The van der Waals surface area contributed by atoms with Crippen LogP contribution in [-0.2, 0) is 0 Å². The lowest BCUT2D eigenvalue weighted by molar-refractivity contribution is 0.0692. The highest BCUT2D eigenvalue weighted by Crippen LogP contribution is 2.28. The third-order valence-electron chi connectivity index (χ3n) is 3.78. The van der Waals surface area contributed by atoms with Crippen LogP contribution in [0.5, 0.6) is 0 Å². The number of halogens is 1. The minimum atomic E-state index is -1.29. The Morgan fingerprint density at radius 2 is 2.00 bits per heavy atom. The van der Waals surface area contributed by atoms with E-state index in [0.717, 1.165) is 11.0 Å². The molecule has 1 aromatic carbocycles. The van der Waals surface area contributed by atoms with Gasteiger partial charge in [-0.15, -0.1) is 11.8 Å². The molecule has 2 aromatic heterocycles. The predicted octanol–water partition coefficient (Wildman–Crippen LogP) is 3.81. The number of hydrogen-bond acceptors (Lipinski definition) is 8. The Morgan fingerprint density at radius 1 is 1.30 bits per heavy atom. The van der Waals surface area contributed by atoms with Gasteiger partial charge < -0.3 is 15.7 Å². The van der Waals surface area contributed by atoms with Gasteiger partial charge in [-0.2, -0.15) is 0 Å². The number of thiazole rings is 1. The minimum Gasteiger partial charge on any atom is -0.478 e. The number of carbonyl (C=O) groups is 1. The number of benzene rings is 1. The molecule has 7 nitrogen and oxygen atoms in total. The van der Waals surface area contributed by atoms with Crippen LogP contribution in [0.25, 0.3) is 10.2 Å². The molecule has 0 aliphatic rings. The highest BCUT2D eigenvalue weighted by molar-refractivity contribution is 7.98. The Bertz CT molecular complexity index is 948. The lowest BCUT2D eigenvalue weighted by atomic mass is 10.2. The third-order valence-corrected chi connectivity index (χ3v) is 5.44. The second-order valence-corrected chi connectivity index (χ2v) is 7.85. The zero-order valence-electron chi connectivity index (χ0n) is 14.7. The van der Waals surface area contributed by atoms with Crippen molar-refractivity contribution in [2.45, 2.75) is 11.8 Å². The number of aromatic carboxylic acids is 1. The Morgan fingerprint density at radius 3 is 2.67 bits per heavy atom. The topological polar surface area (TPSA) is 100 Å². The molecule has 0 aliphatic carbocycles. The average molecular weight is 407 g/mol. The quantitative estimate of drug-likeness (QED) is 0.485. The summed E-state index contributed by atoms with van der Waals surface area (Å²) >= 11 is 2.89. The summed E-state index contributed by atoms with van der Waals surface area (Å²) in [5.74, 6) is -1.23. The smallest absolute Gasteiger partial charge is 0.338 e. The zero-order chi connectivity index (χ0) is 19.4. The van der Waals surface area contributed by atoms with Crippen LogP contribution < -0.4 is 10.6 Å². The molecule has 0 radical (unpaired) electrons. The number of carboxylic acid groups (broad SMARTS) is 1. The molecule has 0 spiro atoms. The molecule has 0 bridgehead atoms. The molecule has 0 aliphatic heterocycles. The van der Waals surface area contributed by atoms with E-state index < -0.39 is 11.8 Å². The Hall–Kier alpha value is -2.46. The summed E-state index contributed by atoms with van der Waals surface area (Å²) in [6, 6.07) is 2.47. The first-order valence-corrected chi connectivity index (χ1v) is 10.2. The SMILES string of the molecule is CSc1cnc(NCC(C)CNc2nc3cc(F)c(C(=O)O)cc3s2)nc1. The monoisotopic (exact) mass is 407 g/mol. The van der Waals surface area contributed by atoms with E-state index in [0.29, 0.717) is 34.4 Å². The predicted molar refractivity (Wildman–Crippen MR) is 106 cm³/mol. The molecule has 0 amide bonds. The van der Waals surface area contributed by atoms with Crippen LogP contribution in [0, 0.1) is 11.7 Å². The lowest BCUT2D eigenvalue weighted by Crippen LogP contribution is -2.20. The van der Waals surface area contributed by atoms with E-state index in [9.17, 15) is 9.18 Å². The fourth-order valence-electron chi connectivity index (χ4n) is 2.30. The van der Waals surface area contributed by atoms with E-state index in [1.165, 1.54) is 17.4 Å². The van der Waals surface area contributed by atoms with Gasteiger partial charge in [0, 0.05) is 36.4 Å². The number of nitrogens with zero attached hydrogens (tertiary/aromatic N) is 3. The summed E-state index contributed by atoms with van der Waals surface area (Å²) in [4.78, 5) is 24.8. The van der Waals surface area contributed by atoms with E-state index in [1.807, 2.05) is 6.26 Å². The van der Waals surface area contributed by atoms with Crippen molar-refractivity contribution in [2.75, 3.05) is 30.0 Å². The summed E-state index contributed by atoms with van der Waals surface area (Å²) in [5.41, 5.74) is 0.0980. The number of aromatic nitrogens is 3. The van der Waals surface area contributed by atoms with Gasteiger partial charge in [0.05, 0.1) is 15.8 Å². The van der Waals surface area contributed by atoms with Gasteiger partial charge in [0.15, 0.2) is 5.13 Å². The molecule has 0 saturated carbocycles. The van der Waals surface area contributed by atoms with Gasteiger partial charge in [0.1, 0.15) is 5.82 Å². The molecule has 10 heteroatoms. The van der Waals surface area contributed by atoms with Crippen LogP contribution >= 0.6 is 23.1 Å². The van der Waals surface area contributed by atoms with Crippen molar-refractivity contribution < 1.29 is 14.3 Å². The van der Waals surface area contributed by atoms with Gasteiger partial charge in [-0.25, -0.2) is 24.1 Å². The minimum absolute atomic E-state index is 0.257. The Kier molecular flexibility index (Phi) is 6.07. The van der Waals surface area contributed by atoms with Gasteiger partial charge in [0.2, 0.25) is 5.95 Å². The van der Waals surface area contributed by atoms with Crippen LogP contribution in [0.15, 0.2) is 29.4 Å². The Balaban J connectivity index is 1.56. The van der Waals surface area contributed by atoms with Gasteiger partial charge in [-0.1, -0.05) is 18.3 Å². The number of rotatable bonds is 8. The summed E-state index contributed by atoms with van der Waals surface area (Å²) in [5, 5.41) is 16.0. The first kappa shape index (κ1) is 19.3. The molecule has 2 heterocycles. The summed E-state index contributed by atoms with van der Waals surface area (Å²) in [7, 11) is 0. The maximum absolute atomic E-state index is 13.7. The van der Waals surface area contributed by atoms with E-state index in [-0.39, 0.29) is 11.5 Å². The standard InChI is InChI=1S/C17H18FN5O2S2/c1-9(5-19-16-20-7-10(26-2)8-21-16)6-22-17-23-13-4-12(18)11(15(24)25)3-14(13)27-17/h3-4,7-9H,5-6H2,1-2H3,(H,22,23)(H,24,25)(H,19,20,21). The molecular weight excluding hydrogens is 389 g/mol. The average Bonchev–Trinajstić information content (AvgIpc) is 3.06. The van der Waals surface area contributed by atoms with E-state index in [4.69, 9.17) is 5.11 Å². The lowest BCUT2D eigenvalue weighted by Gasteiger charge is -2.13. The number of thioether (sulfide) groups is 1. The second kappa shape index (κ2) is 8.49. The number of fused-ring (bicyclic) bond motifs is 1. The van der Waals surface area contributed by atoms with E-state index in [1.54, 1.807) is 24.2 Å². The fraction of sp³-hybridized carbons (Fsp3) is 0.294. The Labute approximate surface area is 163 Å². The highest BCUT2D eigenvalue weighted by atomic mass is 32.2. The summed E-state index contributed by atoms with van der Waals surface area (Å²) in [6.45, 7) is 3.38. The number of hydrogen-bond donors (Lipinski definition) is 3. The summed E-state index contributed by atoms with van der Waals surface area (Å²) < 4.78 is 14.4. The molecule has 142 valence electrons. The largest absolute Gasteiger partial charge is 0.478 e. The van der Waals surface area contributed by atoms with Gasteiger partial charge in [-0.05, 0) is 18.2 Å². The van der Waals surface area contributed by atoms with Crippen LogP contribution in [0.3, 0.4) is 0 Å². The molecular formula is C17H18FN5O2S2. The molecule has 1 unspecified atom stereocenters. The van der Waals surface area contributed by atoms with Crippen LogP contribution in [-0.4, -0.2) is 45.4 Å². The van der Waals surface area contributed by atoms with Crippen molar-refractivity contribution >= 4 is 50.4 Å². The summed E-state index contributed by atoms with van der Waals surface area (Å²) in [6.07, 6.45) is 5.52. The van der Waals surface area contributed by atoms with Crippen LogP contribution in [0.1, 0.15) is 17.3 Å². The normalized spacial score (nSPS) is 12.1. The highest BCUT2D eigenvalue weighted by Gasteiger charge is 2.14.